The highest BCUT2D eigenvalue weighted by Crippen LogP contribution is 2.60. The molecule has 1 saturated heterocycles. The molecule has 1 fully saturated rings. The van der Waals surface area contributed by atoms with Gasteiger partial charge in [0.1, 0.15) is 6.54 Å². The number of nitrogens with zero attached hydrogens (tertiary/aromatic N) is 1. The predicted octanol–water partition coefficient (Wildman–Crippen LogP) is 2.18. The number of amides is 3. The molecule has 0 radical (unpaired) electrons. The van der Waals surface area contributed by atoms with Gasteiger partial charge in [-0.2, -0.15) is 0 Å². The lowest BCUT2D eigenvalue weighted by Crippen LogP contribution is -2.41. The van der Waals surface area contributed by atoms with Gasteiger partial charge in [0.05, 0.1) is 11.8 Å². The zero-order chi connectivity index (χ0) is 19.4. The molecule has 0 saturated carbocycles. The van der Waals surface area contributed by atoms with Crippen molar-refractivity contribution >= 4 is 17.7 Å². The fourth-order valence-electron chi connectivity index (χ4n) is 5.28. The fraction of sp³-hybridized carbons (Fsp3) is 0.261. The van der Waals surface area contributed by atoms with E-state index in [9.17, 15) is 14.4 Å². The van der Waals surface area contributed by atoms with Crippen LogP contribution in [0.1, 0.15) is 34.1 Å². The summed E-state index contributed by atoms with van der Waals surface area (Å²) in [6.45, 7) is 3.64. The summed E-state index contributed by atoms with van der Waals surface area (Å²) in [5.41, 5.74) is 4.52. The number of likely N-dealkylation sites (tertiary alicyclic amines) is 1. The van der Waals surface area contributed by atoms with Crippen molar-refractivity contribution in [2.75, 3.05) is 13.1 Å². The number of imide groups is 1. The van der Waals surface area contributed by atoms with Crippen LogP contribution in [0.4, 0.5) is 0 Å². The first-order valence-corrected chi connectivity index (χ1v) is 9.54. The van der Waals surface area contributed by atoms with Gasteiger partial charge in [0.15, 0.2) is 0 Å². The SMILES string of the molecule is C=CCNC(=O)CN1C(=O)[C@@H]2C3c4ccccc4C(c4ccccc43)[C@@H]2C1=O. The van der Waals surface area contributed by atoms with E-state index in [0.29, 0.717) is 6.54 Å². The standard InChI is InChI=1S/C23H20N2O3/c1-2-11-24-17(26)12-25-22(27)20-18-13-7-3-4-8-14(13)19(21(20)23(25)28)16-10-6-5-9-15(16)18/h2-10,18-21H,1,11-12H2,(H,24,26)/t18?,19?,20-,21+. The summed E-state index contributed by atoms with van der Waals surface area (Å²) in [7, 11) is 0. The highest BCUT2D eigenvalue weighted by atomic mass is 16.2. The second-order valence-electron chi connectivity index (χ2n) is 7.62. The molecule has 1 heterocycles. The molecule has 3 amide bonds. The van der Waals surface area contributed by atoms with Crippen molar-refractivity contribution in [3.63, 3.8) is 0 Å². The van der Waals surface area contributed by atoms with E-state index in [1.165, 1.54) is 0 Å². The van der Waals surface area contributed by atoms with Gasteiger partial charge in [-0.25, -0.2) is 0 Å². The van der Waals surface area contributed by atoms with Crippen LogP contribution < -0.4 is 5.32 Å². The van der Waals surface area contributed by atoms with Crippen LogP contribution in [0.5, 0.6) is 0 Å². The smallest absolute Gasteiger partial charge is 0.240 e. The Labute approximate surface area is 163 Å². The molecule has 2 bridgehead atoms. The zero-order valence-corrected chi connectivity index (χ0v) is 15.3. The first-order chi connectivity index (χ1) is 13.6. The lowest BCUT2D eigenvalue weighted by Gasteiger charge is -2.45. The van der Waals surface area contributed by atoms with Gasteiger partial charge in [0, 0.05) is 18.4 Å². The van der Waals surface area contributed by atoms with E-state index < -0.39 is 11.8 Å². The van der Waals surface area contributed by atoms with E-state index >= 15 is 0 Å². The largest absolute Gasteiger partial charge is 0.351 e. The number of hydrogen-bond acceptors (Lipinski definition) is 3. The van der Waals surface area contributed by atoms with Gasteiger partial charge in [-0.1, -0.05) is 54.6 Å². The molecule has 2 aromatic rings. The summed E-state index contributed by atoms with van der Waals surface area (Å²) in [6, 6.07) is 16.2. The summed E-state index contributed by atoms with van der Waals surface area (Å²) in [6.07, 6.45) is 1.57. The molecule has 28 heavy (non-hydrogen) atoms. The third-order valence-corrected chi connectivity index (χ3v) is 6.29. The lowest BCUT2D eigenvalue weighted by molar-refractivity contribution is -0.143. The van der Waals surface area contributed by atoms with Crippen LogP contribution in [-0.4, -0.2) is 35.7 Å². The Bertz CT molecular complexity index is 913. The van der Waals surface area contributed by atoms with Crippen molar-refractivity contribution in [3.05, 3.63) is 83.4 Å². The van der Waals surface area contributed by atoms with Gasteiger partial charge in [0.2, 0.25) is 17.7 Å². The maximum absolute atomic E-state index is 13.3. The van der Waals surface area contributed by atoms with Gasteiger partial charge in [-0.3, -0.25) is 19.3 Å². The average molecular weight is 372 g/mol. The topological polar surface area (TPSA) is 66.5 Å². The van der Waals surface area contributed by atoms with Gasteiger partial charge < -0.3 is 5.32 Å². The Morgan fingerprint density at radius 3 is 1.71 bits per heavy atom. The number of carbonyl (C=O) groups is 3. The quantitative estimate of drug-likeness (QED) is 0.661. The van der Waals surface area contributed by atoms with E-state index in [1.54, 1.807) is 6.08 Å². The Morgan fingerprint density at radius 2 is 1.32 bits per heavy atom. The molecule has 0 unspecified atom stereocenters. The average Bonchev–Trinajstić information content (AvgIpc) is 2.97. The van der Waals surface area contributed by atoms with Crippen molar-refractivity contribution in [1.82, 2.24) is 10.2 Å². The van der Waals surface area contributed by atoms with Gasteiger partial charge >= 0.3 is 0 Å². The van der Waals surface area contributed by atoms with Crippen LogP contribution in [0.2, 0.25) is 0 Å². The minimum Gasteiger partial charge on any atom is -0.351 e. The highest BCUT2D eigenvalue weighted by Gasteiger charge is 2.61. The summed E-state index contributed by atoms with van der Waals surface area (Å²) < 4.78 is 0. The van der Waals surface area contributed by atoms with Crippen LogP contribution in [-0.2, 0) is 14.4 Å². The minimum atomic E-state index is -0.436. The first-order valence-electron chi connectivity index (χ1n) is 9.54. The fourth-order valence-corrected chi connectivity index (χ4v) is 5.28. The van der Waals surface area contributed by atoms with E-state index in [2.05, 4.69) is 36.2 Å². The Kier molecular flexibility index (Phi) is 3.72. The number of benzene rings is 2. The number of hydrogen-bond donors (Lipinski definition) is 1. The Balaban J connectivity index is 1.59. The van der Waals surface area contributed by atoms with E-state index in [1.807, 2.05) is 24.3 Å². The Morgan fingerprint density at radius 1 is 0.893 bits per heavy atom. The van der Waals surface area contributed by atoms with Crippen LogP contribution in [0.25, 0.3) is 0 Å². The molecule has 5 nitrogen and oxygen atoms in total. The van der Waals surface area contributed by atoms with Crippen LogP contribution >= 0.6 is 0 Å². The molecule has 2 atom stereocenters. The monoisotopic (exact) mass is 372 g/mol. The minimum absolute atomic E-state index is 0.139. The van der Waals surface area contributed by atoms with Crippen molar-refractivity contribution in [1.29, 1.82) is 0 Å². The Hall–Kier alpha value is -3.21. The summed E-state index contributed by atoms with van der Waals surface area (Å²) in [4.78, 5) is 39.9. The molecular formula is C23H20N2O3. The van der Waals surface area contributed by atoms with Crippen LogP contribution in [0.3, 0.4) is 0 Å². The van der Waals surface area contributed by atoms with Crippen LogP contribution in [0.15, 0.2) is 61.2 Å². The normalized spacial score (nSPS) is 26.5. The third kappa shape index (κ3) is 2.16. The van der Waals surface area contributed by atoms with Gasteiger partial charge in [-0.15, -0.1) is 6.58 Å². The molecule has 2 aromatic carbocycles. The first kappa shape index (κ1) is 16.9. The molecule has 0 aromatic heterocycles. The van der Waals surface area contributed by atoms with Gasteiger partial charge in [-0.05, 0) is 22.3 Å². The van der Waals surface area contributed by atoms with Crippen LogP contribution in [0, 0.1) is 11.8 Å². The van der Waals surface area contributed by atoms with Crippen molar-refractivity contribution in [3.8, 4) is 0 Å². The number of nitrogens with one attached hydrogen (secondary N) is 1. The molecule has 3 aliphatic carbocycles. The summed E-state index contributed by atoms with van der Waals surface area (Å²) >= 11 is 0. The maximum Gasteiger partial charge on any atom is 0.240 e. The molecule has 1 aliphatic heterocycles. The van der Waals surface area contributed by atoms with Crippen molar-refractivity contribution in [2.45, 2.75) is 11.8 Å². The van der Waals surface area contributed by atoms with E-state index in [0.717, 1.165) is 27.2 Å². The number of rotatable bonds is 4. The summed E-state index contributed by atoms with van der Waals surface area (Å²) in [5.74, 6) is -1.96. The second kappa shape index (κ2) is 6.16. The third-order valence-electron chi connectivity index (χ3n) is 6.29. The molecule has 5 heteroatoms. The maximum atomic E-state index is 13.3. The number of carbonyl (C=O) groups excluding carboxylic acids is 3. The highest BCUT2D eigenvalue weighted by molar-refractivity contribution is 6.09. The van der Waals surface area contributed by atoms with E-state index in [4.69, 9.17) is 0 Å². The molecule has 140 valence electrons. The van der Waals surface area contributed by atoms with E-state index in [-0.39, 0.29) is 36.1 Å². The molecular weight excluding hydrogens is 352 g/mol. The zero-order valence-electron chi connectivity index (χ0n) is 15.3. The molecule has 1 N–H and O–H groups in total. The molecule has 4 aliphatic rings. The second-order valence-corrected chi connectivity index (χ2v) is 7.62. The summed E-state index contributed by atoms with van der Waals surface area (Å²) in [5, 5.41) is 2.65. The lowest BCUT2D eigenvalue weighted by atomic mass is 9.55. The van der Waals surface area contributed by atoms with Gasteiger partial charge in [0.25, 0.3) is 0 Å². The molecule has 6 rings (SSSR count). The van der Waals surface area contributed by atoms with Crippen molar-refractivity contribution in [2.24, 2.45) is 11.8 Å². The predicted molar refractivity (Wildman–Crippen MR) is 103 cm³/mol. The molecule has 0 spiro atoms. The van der Waals surface area contributed by atoms with Crippen molar-refractivity contribution < 1.29 is 14.4 Å².